The third-order valence-electron chi connectivity index (χ3n) is 5.41. The maximum Gasteiger partial charge on any atom is 0.284 e. The van der Waals surface area contributed by atoms with Crippen LogP contribution in [-0.2, 0) is 4.79 Å². The molecule has 0 radical (unpaired) electrons. The Morgan fingerprint density at radius 1 is 1.15 bits per heavy atom. The van der Waals surface area contributed by atoms with Crippen molar-refractivity contribution in [3.05, 3.63) is 82.1 Å². The number of nitrogens with one attached hydrogen (secondary N) is 1. The van der Waals surface area contributed by atoms with Crippen LogP contribution in [0.3, 0.4) is 0 Å². The van der Waals surface area contributed by atoms with E-state index in [0.29, 0.717) is 34.3 Å². The number of nitrogens with zero attached hydrogens (tertiary/aromatic N) is 4. The molecule has 0 saturated heterocycles. The molecule has 2 aliphatic rings. The molecular weight excluding hydrogens is 542 g/mol. The van der Waals surface area contributed by atoms with E-state index in [9.17, 15) is 14.9 Å². The van der Waals surface area contributed by atoms with E-state index in [1.165, 1.54) is 40.7 Å². The third-order valence-corrected chi connectivity index (χ3v) is 7.42. The molecule has 198 valence electrons. The van der Waals surface area contributed by atoms with E-state index in [0.717, 1.165) is 5.75 Å². The number of carbonyl (C=O) groups excluding carboxylic acids is 1. The summed E-state index contributed by atoms with van der Waals surface area (Å²) in [6, 6.07) is 17.1. The van der Waals surface area contributed by atoms with Crippen LogP contribution < -0.4 is 9.47 Å². The highest BCUT2D eigenvalue weighted by molar-refractivity contribution is 8.45. The van der Waals surface area contributed by atoms with Gasteiger partial charge in [0.2, 0.25) is 5.17 Å². The second kappa shape index (κ2) is 11.6. The molecule has 0 aliphatic carbocycles. The number of nitro groups is 1. The second-order valence-electron chi connectivity index (χ2n) is 7.97. The Morgan fingerprint density at radius 3 is 2.74 bits per heavy atom. The van der Waals surface area contributed by atoms with E-state index in [2.05, 4.69) is 10.1 Å². The molecule has 3 heterocycles. The normalized spacial score (nSPS) is 15.7. The van der Waals surface area contributed by atoms with Gasteiger partial charge < -0.3 is 13.9 Å². The zero-order chi connectivity index (χ0) is 27.4. The molecule has 0 saturated carbocycles. The van der Waals surface area contributed by atoms with Gasteiger partial charge in [-0.1, -0.05) is 30.0 Å². The minimum absolute atomic E-state index is 0.0103. The Hall–Kier alpha value is -4.36. The van der Waals surface area contributed by atoms with Gasteiger partial charge >= 0.3 is 0 Å². The number of hydrogen-bond acceptors (Lipinski definition) is 10. The fourth-order valence-corrected chi connectivity index (χ4v) is 5.50. The molecule has 0 atom stereocenters. The number of aliphatic imine (C=N–C) groups is 1. The lowest BCUT2D eigenvalue weighted by Crippen LogP contribution is -2.35. The fraction of sp³-hybridized carbons (Fsp3) is 0.154. The Labute approximate surface area is 231 Å². The third kappa shape index (κ3) is 5.89. The lowest BCUT2D eigenvalue weighted by Gasteiger charge is -2.19. The van der Waals surface area contributed by atoms with E-state index in [-0.39, 0.29) is 34.2 Å². The first-order chi connectivity index (χ1) is 18.9. The average Bonchev–Trinajstić information content (AvgIpc) is 3.57. The Morgan fingerprint density at radius 2 is 1.97 bits per heavy atom. The number of nitro benzene ring substituents is 1. The van der Waals surface area contributed by atoms with Gasteiger partial charge in [-0.25, -0.2) is 0 Å². The SMILES string of the molecule is CCOc1ccc(-c2ccc(/C=C3/C(=N)N4N=C(SCCOc5ccccc5)SC4=NC3=O)o2)c([N+](=O)[O-])c1. The van der Waals surface area contributed by atoms with Crippen molar-refractivity contribution in [3.8, 4) is 22.8 Å². The molecule has 11 nitrogen and oxygen atoms in total. The van der Waals surface area contributed by atoms with Crippen molar-refractivity contribution < 1.29 is 23.6 Å². The van der Waals surface area contributed by atoms with E-state index >= 15 is 0 Å². The molecule has 1 N–H and O–H groups in total. The van der Waals surface area contributed by atoms with Crippen LogP contribution in [0.1, 0.15) is 12.7 Å². The van der Waals surface area contributed by atoms with Gasteiger partial charge in [-0.3, -0.25) is 20.3 Å². The molecular formula is C26H21N5O6S2. The van der Waals surface area contributed by atoms with Crippen LogP contribution in [0.5, 0.6) is 11.5 Å². The maximum absolute atomic E-state index is 12.7. The summed E-state index contributed by atoms with van der Waals surface area (Å²) in [7, 11) is 0. The van der Waals surface area contributed by atoms with Gasteiger partial charge in [-0.15, -0.1) is 5.10 Å². The molecule has 1 amide bonds. The second-order valence-corrected chi connectivity index (χ2v) is 10.3. The van der Waals surface area contributed by atoms with Gasteiger partial charge in [-0.05, 0) is 61.2 Å². The van der Waals surface area contributed by atoms with Crippen molar-refractivity contribution in [2.45, 2.75) is 6.92 Å². The number of para-hydroxylation sites is 1. The van der Waals surface area contributed by atoms with Crippen molar-refractivity contribution in [2.24, 2.45) is 10.1 Å². The quantitative estimate of drug-likeness (QED) is 0.151. The lowest BCUT2D eigenvalue weighted by atomic mass is 10.1. The number of ether oxygens (including phenoxy) is 2. The van der Waals surface area contributed by atoms with Crippen molar-refractivity contribution >= 4 is 56.6 Å². The summed E-state index contributed by atoms with van der Waals surface area (Å²) in [5.74, 6) is 1.52. The van der Waals surface area contributed by atoms with Crippen LogP contribution in [0.2, 0.25) is 0 Å². The molecule has 39 heavy (non-hydrogen) atoms. The van der Waals surface area contributed by atoms with Crippen molar-refractivity contribution in [2.75, 3.05) is 19.0 Å². The molecule has 0 fully saturated rings. The van der Waals surface area contributed by atoms with Gasteiger partial charge in [-0.2, -0.15) is 10.0 Å². The molecule has 2 aliphatic heterocycles. The van der Waals surface area contributed by atoms with Crippen LogP contribution in [-0.4, -0.2) is 50.2 Å². The van der Waals surface area contributed by atoms with E-state index < -0.39 is 10.8 Å². The molecule has 13 heteroatoms. The minimum Gasteiger partial charge on any atom is -0.494 e. The number of carbonyl (C=O) groups is 1. The summed E-state index contributed by atoms with van der Waals surface area (Å²) in [6.07, 6.45) is 1.38. The number of hydrogen-bond donors (Lipinski definition) is 1. The summed E-state index contributed by atoms with van der Waals surface area (Å²) in [5, 5.41) is 26.2. The smallest absolute Gasteiger partial charge is 0.284 e. The molecule has 0 bridgehead atoms. The van der Waals surface area contributed by atoms with Crippen LogP contribution >= 0.6 is 23.5 Å². The van der Waals surface area contributed by atoms with Crippen LogP contribution in [0.25, 0.3) is 17.4 Å². The van der Waals surface area contributed by atoms with E-state index in [1.54, 1.807) is 31.2 Å². The molecule has 0 spiro atoms. The zero-order valence-corrected chi connectivity index (χ0v) is 22.2. The molecule has 5 rings (SSSR count). The van der Waals surface area contributed by atoms with Gasteiger partial charge in [0.15, 0.2) is 10.2 Å². The van der Waals surface area contributed by atoms with Crippen LogP contribution in [0, 0.1) is 15.5 Å². The van der Waals surface area contributed by atoms with E-state index in [1.807, 2.05) is 30.3 Å². The largest absolute Gasteiger partial charge is 0.494 e. The maximum atomic E-state index is 12.7. The van der Waals surface area contributed by atoms with Crippen molar-refractivity contribution in [1.82, 2.24) is 5.01 Å². The van der Waals surface area contributed by atoms with E-state index in [4.69, 9.17) is 19.3 Å². The summed E-state index contributed by atoms with van der Waals surface area (Å²) in [6.45, 7) is 2.63. The monoisotopic (exact) mass is 563 g/mol. The summed E-state index contributed by atoms with van der Waals surface area (Å²) >= 11 is 2.66. The first-order valence-corrected chi connectivity index (χ1v) is 13.6. The number of amides is 1. The van der Waals surface area contributed by atoms with Gasteiger partial charge in [0.1, 0.15) is 23.0 Å². The number of benzene rings is 2. The number of rotatable bonds is 9. The molecule has 2 aromatic carbocycles. The number of thioether (sulfide) groups is 2. The Kier molecular flexibility index (Phi) is 7.79. The Balaban J connectivity index is 1.29. The van der Waals surface area contributed by atoms with Gasteiger partial charge in [0.05, 0.1) is 35.3 Å². The highest BCUT2D eigenvalue weighted by Crippen LogP contribution is 2.36. The van der Waals surface area contributed by atoms with Gasteiger partial charge in [0, 0.05) is 5.75 Å². The predicted molar refractivity (Wildman–Crippen MR) is 151 cm³/mol. The summed E-state index contributed by atoms with van der Waals surface area (Å²) < 4.78 is 17.5. The van der Waals surface area contributed by atoms with Crippen LogP contribution in [0.15, 0.2) is 80.7 Å². The molecule has 0 unspecified atom stereocenters. The predicted octanol–water partition coefficient (Wildman–Crippen LogP) is 5.64. The first kappa shape index (κ1) is 26.3. The number of hydrazone groups is 1. The average molecular weight is 564 g/mol. The topological polar surface area (TPSA) is 144 Å². The summed E-state index contributed by atoms with van der Waals surface area (Å²) in [5.41, 5.74) is 0.0774. The first-order valence-electron chi connectivity index (χ1n) is 11.7. The number of amidine groups is 2. The lowest BCUT2D eigenvalue weighted by molar-refractivity contribution is -0.384. The van der Waals surface area contributed by atoms with Gasteiger partial charge in [0.25, 0.3) is 11.6 Å². The van der Waals surface area contributed by atoms with Crippen molar-refractivity contribution in [1.29, 1.82) is 5.41 Å². The number of furan rings is 1. The molecule has 3 aromatic rings. The van der Waals surface area contributed by atoms with Crippen LogP contribution in [0.4, 0.5) is 5.69 Å². The standard InChI is InChI=1S/C26H21N5O6S2/c1-2-35-17-8-10-19(21(15-17)31(33)34)22-11-9-18(37-22)14-20-23(27)30-25(28-24(20)32)39-26(29-30)38-13-12-36-16-6-4-3-5-7-16/h3-11,14-15,27H,2,12-13H2,1H3/b20-14-,27-23?. The number of fused-ring (bicyclic) bond motifs is 1. The highest BCUT2D eigenvalue weighted by atomic mass is 32.2. The Bertz CT molecular complexity index is 1530. The van der Waals surface area contributed by atoms with Crippen molar-refractivity contribution in [3.63, 3.8) is 0 Å². The highest BCUT2D eigenvalue weighted by Gasteiger charge is 2.36. The fourth-order valence-electron chi connectivity index (χ4n) is 3.68. The zero-order valence-electron chi connectivity index (χ0n) is 20.5. The summed E-state index contributed by atoms with van der Waals surface area (Å²) in [4.78, 5) is 27.9. The minimum atomic E-state index is -0.599. The molecule has 1 aromatic heterocycles.